The van der Waals surface area contributed by atoms with E-state index in [0.29, 0.717) is 0 Å². The molecule has 1 aliphatic heterocycles. The molecular weight excluding hydrogens is 272 g/mol. The van der Waals surface area contributed by atoms with Crippen LogP contribution < -0.4 is 0 Å². The van der Waals surface area contributed by atoms with Crippen molar-refractivity contribution in [2.45, 2.75) is 25.4 Å². The summed E-state index contributed by atoms with van der Waals surface area (Å²) in [6, 6.07) is 7.34. The normalized spacial score (nSPS) is 20.4. The molecule has 104 valence electrons. The van der Waals surface area contributed by atoms with E-state index in [1.54, 1.807) is 16.8 Å². The van der Waals surface area contributed by atoms with Gasteiger partial charge in [-0.15, -0.1) is 11.3 Å². The van der Waals surface area contributed by atoms with Crippen LogP contribution in [0.5, 0.6) is 0 Å². The van der Waals surface area contributed by atoms with Gasteiger partial charge in [0.1, 0.15) is 6.04 Å². The largest absolute Gasteiger partial charge is 0.480 e. The lowest BCUT2D eigenvalue weighted by atomic mass is 9.91. The number of nitrogens with zero attached hydrogens (tertiary/aromatic N) is 2. The second kappa shape index (κ2) is 5.34. The molecular formula is C15H16N2O2S. The van der Waals surface area contributed by atoms with Gasteiger partial charge in [-0.3, -0.25) is 14.7 Å². The third kappa shape index (κ3) is 2.23. The average Bonchev–Trinajstić information content (AvgIpc) is 2.99. The van der Waals surface area contributed by atoms with E-state index in [-0.39, 0.29) is 6.04 Å². The van der Waals surface area contributed by atoms with Crippen molar-refractivity contribution in [2.75, 3.05) is 6.54 Å². The van der Waals surface area contributed by atoms with Gasteiger partial charge < -0.3 is 5.11 Å². The van der Waals surface area contributed by atoms with Gasteiger partial charge in [0.25, 0.3) is 0 Å². The number of aliphatic carboxylic acids is 1. The zero-order valence-electron chi connectivity index (χ0n) is 11.2. The monoisotopic (exact) mass is 288 g/mol. The van der Waals surface area contributed by atoms with Crippen LogP contribution in [0, 0.1) is 0 Å². The van der Waals surface area contributed by atoms with Crippen LogP contribution in [0.15, 0.2) is 36.0 Å². The van der Waals surface area contributed by atoms with Crippen LogP contribution in [0.1, 0.15) is 35.0 Å². The minimum Gasteiger partial charge on any atom is -0.480 e. The zero-order valence-corrected chi connectivity index (χ0v) is 12.0. The van der Waals surface area contributed by atoms with Crippen LogP contribution in [0.2, 0.25) is 0 Å². The Balaban J connectivity index is 1.98. The molecule has 0 radical (unpaired) electrons. The van der Waals surface area contributed by atoms with Crippen LogP contribution in [0.4, 0.5) is 0 Å². The number of fused-ring (bicyclic) bond motifs is 1. The molecule has 2 aromatic rings. The summed E-state index contributed by atoms with van der Waals surface area (Å²) in [5, 5.41) is 9.65. The Morgan fingerprint density at radius 3 is 3.00 bits per heavy atom. The first-order valence-corrected chi connectivity index (χ1v) is 7.51. The third-order valence-corrected chi connectivity index (χ3v) is 4.86. The lowest BCUT2D eigenvalue weighted by Crippen LogP contribution is -2.41. The Bertz CT molecular complexity index is 612. The summed E-state index contributed by atoms with van der Waals surface area (Å²) >= 11 is 1.57. The molecule has 0 aliphatic carbocycles. The smallest absolute Gasteiger partial charge is 0.325 e. The summed E-state index contributed by atoms with van der Waals surface area (Å²) in [5.74, 6) is -0.784. The lowest BCUT2D eigenvalue weighted by molar-refractivity contribution is -0.145. The SMILES string of the molecule is CC(c1cncs1)N1CCc2ccccc2C1C(=O)O. The number of thiazole rings is 1. The van der Waals surface area contributed by atoms with Gasteiger partial charge in [-0.1, -0.05) is 24.3 Å². The molecule has 5 heteroatoms. The van der Waals surface area contributed by atoms with Crippen molar-refractivity contribution in [1.82, 2.24) is 9.88 Å². The average molecular weight is 288 g/mol. The minimum atomic E-state index is -0.784. The maximum Gasteiger partial charge on any atom is 0.325 e. The summed E-state index contributed by atoms with van der Waals surface area (Å²) in [6.45, 7) is 2.81. The third-order valence-electron chi connectivity index (χ3n) is 3.92. The number of aromatic nitrogens is 1. The van der Waals surface area contributed by atoms with Gasteiger partial charge >= 0.3 is 5.97 Å². The molecule has 2 atom stereocenters. The topological polar surface area (TPSA) is 53.4 Å². The highest BCUT2D eigenvalue weighted by Crippen LogP contribution is 2.36. The van der Waals surface area contributed by atoms with Crippen LogP contribution in [-0.2, 0) is 11.2 Å². The fourth-order valence-corrected chi connectivity index (χ4v) is 3.57. The Morgan fingerprint density at radius 2 is 2.30 bits per heavy atom. The molecule has 0 amide bonds. The molecule has 0 bridgehead atoms. The molecule has 1 aliphatic rings. The summed E-state index contributed by atoms with van der Waals surface area (Å²) < 4.78 is 0. The van der Waals surface area contributed by atoms with E-state index < -0.39 is 12.0 Å². The first-order valence-electron chi connectivity index (χ1n) is 6.63. The molecule has 2 heterocycles. The summed E-state index contributed by atoms with van der Waals surface area (Å²) in [7, 11) is 0. The predicted molar refractivity (Wildman–Crippen MR) is 77.8 cm³/mol. The number of benzene rings is 1. The van der Waals surface area contributed by atoms with E-state index in [9.17, 15) is 9.90 Å². The van der Waals surface area contributed by atoms with Crippen molar-refractivity contribution >= 4 is 17.3 Å². The van der Waals surface area contributed by atoms with E-state index in [1.165, 1.54) is 0 Å². The van der Waals surface area contributed by atoms with Crippen molar-refractivity contribution in [1.29, 1.82) is 0 Å². The standard InChI is InChI=1S/C15H16N2O2S/c1-10(13-8-16-9-20-13)17-7-6-11-4-2-3-5-12(11)14(17)15(18)19/h2-5,8-10,14H,6-7H2,1H3,(H,18,19). The highest BCUT2D eigenvalue weighted by Gasteiger charge is 2.36. The summed E-state index contributed by atoms with van der Waals surface area (Å²) in [4.78, 5) is 19.0. The molecule has 0 spiro atoms. The van der Waals surface area contributed by atoms with Crippen LogP contribution in [-0.4, -0.2) is 27.5 Å². The number of carboxylic acids is 1. The number of carbonyl (C=O) groups is 1. The predicted octanol–water partition coefficient (Wildman–Crippen LogP) is 2.89. The van der Waals surface area contributed by atoms with Gasteiger partial charge in [-0.2, -0.15) is 0 Å². The van der Waals surface area contributed by atoms with Crippen molar-refractivity contribution < 1.29 is 9.90 Å². The van der Waals surface area contributed by atoms with Crippen molar-refractivity contribution in [3.63, 3.8) is 0 Å². The van der Waals surface area contributed by atoms with E-state index in [0.717, 1.165) is 29.0 Å². The molecule has 1 aromatic heterocycles. The second-order valence-electron chi connectivity index (χ2n) is 5.01. The fourth-order valence-electron chi connectivity index (χ4n) is 2.87. The molecule has 0 saturated heterocycles. The van der Waals surface area contributed by atoms with Gasteiger partial charge in [0.05, 0.1) is 5.51 Å². The number of carboxylic acid groups (broad SMARTS) is 1. The highest BCUT2D eigenvalue weighted by atomic mass is 32.1. The zero-order chi connectivity index (χ0) is 14.1. The van der Waals surface area contributed by atoms with E-state index in [2.05, 4.69) is 16.8 Å². The van der Waals surface area contributed by atoms with Gasteiger partial charge in [0.2, 0.25) is 0 Å². The quantitative estimate of drug-likeness (QED) is 0.943. The summed E-state index contributed by atoms with van der Waals surface area (Å²) in [5.41, 5.74) is 3.86. The van der Waals surface area contributed by atoms with Crippen molar-refractivity contribution in [2.24, 2.45) is 0 Å². The Hall–Kier alpha value is -1.72. The van der Waals surface area contributed by atoms with Gasteiger partial charge in [-0.05, 0) is 24.5 Å². The second-order valence-corrected chi connectivity index (χ2v) is 5.93. The molecule has 0 fully saturated rings. The van der Waals surface area contributed by atoms with Gasteiger partial charge in [0.15, 0.2) is 0 Å². The Labute approximate surface area is 121 Å². The van der Waals surface area contributed by atoms with Crippen LogP contribution in [0.3, 0.4) is 0 Å². The molecule has 3 rings (SSSR count). The first-order chi connectivity index (χ1) is 9.68. The van der Waals surface area contributed by atoms with Gasteiger partial charge in [-0.25, -0.2) is 0 Å². The van der Waals surface area contributed by atoms with Crippen LogP contribution in [0.25, 0.3) is 0 Å². The minimum absolute atomic E-state index is 0.0666. The Morgan fingerprint density at radius 1 is 1.50 bits per heavy atom. The maximum atomic E-state index is 11.7. The van der Waals surface area contributed by atoms with Crippen molar-refractivity contribution in [3.05, 3.63) is 52.0 Å². The van der Waals surface area contributed by atoms with Crippen molar-refractivity contribution in [3.8, 4) is 0 Å². The summed E-state index contributed by atoms with van der Waals surface area (Å²) in [6.07, 6.45) is 2.72. The molecule has 2 unspecified atom stereocenters. The first kappa shape index (κ1) is 13.3. The highest BCUT2D eigenvalue weighted by molar-refractivity contribution is 7.09. The number of hydrogen-bond acceptors (Lipinski definition) is 4. The molecule has 20 heavy (non-hydrogen) atoms. The lowest BCUT2D eigenvalue weighted by Gasteiger charge is -2.38. The fraction of sp³-hybridized carbons (Fsp3) is 0.333. The Kier molecular flexibility index (Phi) is 3.54. The maximum absolute atomic E-state index is 11.7. The van der Waals surface area contributed by atoms with E-state index >= 15 is 0 Å². The molecule has 1 aromatic carbocycles. The van der Waals surface area contributed by atoms with E-state index in [4.69, 9.17) is 0 Å². The number of rotatable bonds is 3. The van der Waals surface area contributed by atoms with Gasteiger partial charge in [0, 0.05) is 23.7 Å². The van der Waals surface area contributed by atoms with E-state index in [1.807, 2.05) is 30.5 Å². The molecule has 0 saturated carbocycles. The molecule has 4 nitrogen and oxygen atoms in total. The number of hydrogen-bond donors (Lipinski definition) is 1. The van der Waals surface area contributed by atoms with Crippen LogP contribution >= 0.6 is 11.3 Å². The molecule has 1 N–H and O–H groups in total.